The van der Waals surface area contributed by atoms with Gasteiger partial charge in [-0.15, -0.1) is 0 Å². The van der Waals surface area contributed by atoms with E-state index in [1.807, 2.05) is 43.3 Å². The van der Waals surface area contributed by atoms with Gasteiger partial charge in [-0.3, -0.25) is 0 Å². The second-order valence-electron chi connectivity index (χ2n) is 4.49. The van der Waals surface area contributed by atoms with Gasteiger partial charge in [0.1, 0.15) is 5.82 Å². The number of nitrogen functional groups attached to an aromatic ring is 1. The first-order chi connectivity index (χ1) is 9.02. The van der Waals surface area contributed by atoms with Gasteiger partial charge in [0.2, 0.25) is 5.95 Å². The Bertz CT molecular complexity index is 579. The lowest BCUT2D eigenvalue weighted by molar-refractivity contribution is 0.947. The molecule has 19 heavy (non-hydrogen) atoms. The largest absolute Gasteiger partial charge is 0.383 e. The van der Waals surface area contributed by atoms with E-state index in [4.69, 9.17) is 17.3 Å². The minimum Gasteiger partial charge on any atom is -0.383 e. The number of rotatable bonds is 3. The van der Waals surface area contributed by atoms with Gasteiger partial charge >= 0.3 is 0 Å². The number of aromatic nitrogens is 2. The second-order valence-corrected chi connectivity index (χ2v) is 4.92. The number of nitrogens with zero attached hydrogens (tertiary/aromatic N) is 3. The van der Waals surface area contributed by atoms with E-state index in [0.717, 1.165) is 23.2 Å². The molecule has 4 nitrogen and oxygen atoms in total. The molecule has 2 rings (SSSR count). The van der Waals surface area contributed by atoms with E-state index in [9.17, 15) is 0 Å². The van der Waals surface area contributed by atoms with E-state index >= 15 is 0 Å². The monoisotopic (exact) mass is 276 g/mol. The third kappa shape index (κ3) is 2.79. The molecule has 1 heterocycles. The number of benzene rings is 1. The van der Waals surface area contributed by atoms with Gasteiger partial charge in [0.25, 0.3) is 0 Å². The molecule has 0 saturated heterocycles. The van der Waals surface area contributed by atoms with Gasteiger partial charge in [0, 0.05) is 24.7 Å². The first-order valence-corrected chi connectivity index (χ1v) is 6.50. The highest BCUT2D eigenvalue weighted by molar-refractivity contribution is 6.30. The maximum absolute atomic E-state index is 6.09. The summed E-state index contributed by atoms with van der Waals surface area (Å²) >= 11 is 5.91. The first kappa shape index (κ1) is 13.6. The Hall–Kier alpha value is -1.81. The molecular formula is C14H17ClN4. The Morgan fingerprint density at radius 1 is 1.16 bits per heavy atom. The van der Waals surface area contributed by atoms with E-state index in [-0.39, 0.29) is 0 Å². The van der Waals surface area contributed by atoms with Gasteiger partial charge in [0.15, 0.2) is 0 Å². The Morgan fingerprint density at radius 3 is 2.32 bits per heavy atom. The fourth-order valence-electron chi connectivity index (χ4n) is 1.90. The number of halogens is 1. The van der Waals surface area contributed by atoms with Crippen LogP contribution in [0.25, 0.3) is 11.1 Å². The Balaban J connectivity index is 2.59. The third-order valence-electron chi connectivity index (χ3n) is 2.87. The Kier molecular flexibility index (Phi) is 3.90. The SMILES string of the molecule is CCc1nc(N(C)C)nc(N)c1-c1ccc(Cl)cc1. The molecule has 1 aromatic heterocycles. The fraction of sp³-hybridized carbons (Fsp3) is 0.286. The highest BCUT2D eigenvalue weighted by Gasteiger charge is 2.14. The van der Waals surface area contributed by atoms with Crippen molar-refractivity contribution in [2.45, 2.75) is 13.3 Å². The summed E-state index contributed by atoms with van der Waals surface area (Å²) < 4.78 is 0. The van der Waals surface area contributed by atoms with Crippen molar-refractivity contribution in [2.75, 3.05) is 24.7 Å². The molecule has 0 spiro atoms. The lowest BCUT2D eigenvalue weighted by Crippen LogP contribution is -2.15. The van der Waals surface area contributed by atoms with Gasteiger partial charge in [-0.05, 0) is 24.1 Å². The van der Waals surface area contributed by atoms with Crippen molar-refractivity contribution in [3.63, 3.8) is 0 Å². The van der Waals surface area contributed by atoms with Crippen molar-refractivity contribution in [3.8, 4) is 11.1 Å². The average Bonchev–Trinajstić information content (AvgIpc) is 2.39. The van der Waals surface area contributed by atoms with Gasteiger partial charge in [-0.2, -0.15) is 4.98 Å². The molecule has 1 aromatic carbocycles. The first-order valence-electron chi connectivity index (χ1n) is 6.12. The molecule has 0 atom stereocenters. The highest BCUT2D eigenvalue weighted by Crippen LogP contribution is 2.30. The number of anilines is 2. The van der Waals surface area contributed by atoms with Crippen LogP contribution in [0.2, 0.25) is 5.02 Å². The van der Waals surface area contributed by atoms with Gasteiger partial charge < -0.3 is 10.6 Å². The highest BCUT2D eigenvalue weighted by atomic mass is 35.5. The third-order valence-corrected chi connectivity index (χ3v) is 3.12. The molecule has 0 aliphatic rings. The minimum atomic E-state index is 0.498. The molecule has 0 aliphatic carbocycles. The summed E-state index contributed by atoms with van der Waals surface area (Å²) in [5.41, 5.74) is 8.92. The van der Waals surface area contributed by atoms with E-state index in [2.05, 4.69) is 16.9 Å². The zero-order chi connectivity index (χ0) is 14.0. The predicted molar refractivity (Wildman–Crippen MR) is 80.6 cm³/mol. The van der Waals surface area contributed by atoms with Crippen molar-refractivity contribution < 1.29 is 0 Å². The van der Waals surface area contributed by atoms with Crippen LogP contribution in [0.3, 0.4) is 0 Å². The van der Waals surface area contributed by atoms with E-state index in [1.165, 1.54) is 0 Å². The van der Waals surface area contributed by atoms with Crippen molar-refractivity contribution in [1.29, 1.82) is 0 Å². The van der Waals surface area contributed by atoms with Crippen LogP contribution >= 0.6 is 11.6 Å². The lowest BCUT2D eigenvalue weighted by Gasteiger charge is -2.16. The molecule has 0 amide bonds. The van der Waals surface area contributed by atoms with Gasteiger partial charge in [0.05, 0.1) is 5.69 Å². The zero-order valence-electron chi connectivity index (χ0n) is 11.3. The van der Waals surface area contributed by atoms with Crippen LogP contribution in [0, 0.1) is 0 Å². The smallest absolute Gasteiger partial charge is 0.227 e. The maximum Gasteiger partial charge on any atom is 0.227 e. The summed E-state index contributed by atoms with van der Waals surface area (Å²) in [5.74, 6) is 1.13. The normalized spacial score (nSPS) is 10.5. The molecule has 0 fully saturated rings. The minimum absolute atomic E-state index is 0.498. The second kappa shape index (κ2) is 5.45. The molecule has 0 unspecified atom stereocenters. The van der Waals surface area contributed by atoms with Crippen LogP contribution in [0.1, 0.15) is 12.6 Å². The molecule has 0 saturated carbocycles. The fourth-order valence-corrected chi connectivity index (χ4v) is 2.03. The van der Waals surface area contributed by atoms with Crippen LogP contribution in [0.5, 0.6) is 0 Å². The van der Waals surface area contributed by atoms with Crippen molar-refractivity contribution in [1.82, 2.24) is 9.97 Å². The van der Waals surface area contributed by atoms with Crippen LogP contribution in [0.15, 0.2) is 24.3 Å². The number of aryl methyl sites for hydroxylation is 1. The molecule has 0 aliphatic heterocycles. The summed E-state index contributed by atoms with van der Waals surface area (Å²) in [7, 11) is 3.80. The Morgan fingerprint density at radius 2 is 1.79 bits per heavy atom. The van der Waals surface area contributed by atoms with E-state index < -0.39 is 0 Å². The summed E-state index contributed by atoms with van der Waals surface area (Å²) in [5, 5.41) is 0.700. The lowest BCUT2D eigenvalue weighted by atomic mass is 10.0. The van der Waals surface area contributed by atoms with Gasteiger partial charge in [-0.1, -0.05) is 30.7 Å². The summed E-state index contributed by atoms with van der Waals surface area (Å²) in [4.78, 5) is 10.7. The van der Waals surface area contributed by atoms with Crippen molar-refractivity contribution >= 4 is 23.4 Å². The van der Waals surface area contributed by atoms with Crippen LogP contribution in [-0.2, 0) is 6.42 Å². The summed E-state index contributed by atoms with van der Waals surface area (Å²) in [6.45, 7) is 2.06. The van der Waals surface area contributed by atoms with Crippen molar-refractivity contribution in [2.24, 2.45) is 0 Å². The number of nitrogens with two attached hydrogens (primary N) is 1. The number of hydrogen-bond donors (Lipinski definition) is 1. The maximum atomic E-state index is 6.09. The molecule has 2 N–H and O–H groups in total. The molecule has 0 bridgehead atoms. The van der Waals surface area contributed by atoms with Crippen molar-refractivity contribution in [3.05, 3.63) is 35.0 Å². The average molecular weight is 277 g/mol. The van der Waals surface area contributed by atoms with Gasteiger partial charge in [-0.25, -0.2) is 4.98 Å². The van der Waals surface area contributed by atoms with E-state index in [0.29, 0.717) is 16.8 Å². The topological polar surface area (TPSA) is 55.0 Å². The molecule has 0 radical (unpaired) electrons. The van der Waals surface area contributed by atoms with Crippen LogP contribution in [0.4, 0.5) is 11.8 Å². The predicted octanol–water partition coefficient (Wildman–Crippen LogP) is 3.01. The van der Waals surface area contributed by atoms with E-state index in [1.54, 1.807) is 0 Å². The molecule has 2 aromatic rings. The standard InChI is InChI=1S/C14H17ClN4/c1-4-11-12(9-5-7-10(15)8-6-9)13(16)18-14(17-11)19(2)3/h5-8H,4H2,1-3H3,(H2,16,17,18). The summed E-state index contributed by atoms with van der Waals surface area (Å²) in [6, 6.07) is 7.56. The summed E-state index contributed by atoms with van der Waals surface area (Å²) in [6.07, 6.45) is 0.797. The molecular weight excluding hydrogens is 260 g/mol. The molecule has 5 heteroatoms. The quantitative estimate of drug-likeness (QED) is 0.936. The number of hydrogen-bond acceptors (Lipinski definition) is 4. The molecule has 100 valence electrons. The Labute approximate surface area is 118 Å². The van der Waals surface area contributed by atoms with Crippen LogP contribution < -0.4 is 10.6 Å². The van der Waals surface area contributed by atoms with Crippen LogP contribution in [-0.4, -0.2) is 24.1 Å². The zero-order valence-corrected chi connectivity index (χ0v) is 12.1.